The maximum atomic E-state index is 11.5. The molecule has 6 heteroatoms. The Kier molecular flexibility index (Phi) is 2.89. The predicted octanol–water partition coefficient (Wildman–Crippen LogP) is 1.00. The number of carbonyl (C=O) groups is 1. The molecule has 1 amide bonds. The van der Waals surface area contributed by atoms with Crippen LogP contribution in [0.5, 0.6) is 5.75 Å². The van der Waals surface area contributed by atoms with Gasteiger partial charge in [-0.2, -0.15) is 0 Å². The van der Waals surface area contributed by atoms with Gasteiger partial charge < -0.3 is 10.0 Å². The van der Waals surface area contributed by atoms with Gasteiger partial charge in [0, 0.05) is 20.2 Å². The van der Waals surface area contributed by atoms with Gasteiger partial charge in [0.05, 0.1) is 4.92 Å². The van der Waals surface area contributed by atoms with Gasteiger partial charge in [0.15, 0.2) is 0 Å². The molecule has 0 unspecified atom stereocenters. The SMILES string of the molecule is CN(C)C(=O)c1cc(O)ccc1[N+](=O)[O-]. The first-order valence-corrected chi connectivity index (χ1v) is 4.12. The Balaban J connectivity index is 3.30. The van der Waals surface area contributed by atoms with Crippen LogP contribution in [0.1, 0.15) is 10.4 Å². The average molecular weight is 210 g/mol. The topological polar surface area (TPSA) is 83.7 Å². The highest BCUT2D eigenvalue weighted by Gasteiger charge is 2.21. The molecule has 0 saturated heterocycles. The van der Waals surface area contributed by atoms with Crippen LogP contribution in [0, 0.1) is 10.1 Å². The highest BCUT2D eigenvalue weighted by Crippen LogP contribution is 2.23. The summed E-state index contributed by atoms with van der Waals surface area (Å²) in [6.45, 7) is 0. The molecule has 0 aromatic heterocycles. The molecule has 0 atom stereocenters. The molecule has 0 aliphatic carbocycles. The number of phenols is 1. The van der Waals surface area contributed by atoms with E-state index in [1.165, 1.54) is 25.1 Å². The fraction of sp³-hybridized carbons (Fsp3) is 0.222. The lowest BCUT2D eigenvalue weighted by Gasteiger charge is -2.10. The molecular formula is C9H10N2O4. The Morgan fingerprint density at radius 2 is 2.07 bits per heavy atom. The predicted molar refractivity (Wildman–Crippen MR) is 52.8 cm³/mol. The van der Waals surface area contributed by atoms with E-state index in [0.29, 0.717) is 0 Å². The van der Waals surface area contributed by atoms with Crippen LogP contribution in [-0.2, 0) is 0 Å². The normalized spacial score (nSPS) is 9.73. The summed E-state index contributed by atoms with van der Waals surface area (Å²) in [6.07, 6.45) is 0. The first kappa shape index (κ1) is 11.0. The van der Waals surface area contributed by atoms with Gasteiger partial charge in [0.1, 0.15) is 11.3 Å². The average Bonchev–Trinajstić information content (AvgIpc) is 2.15. The van der Waals surface area contributed by atoms with Gasteiger partial charge in [-0.1, -0.05) is 0 Å². The third-order valence-electron chi connectivity index (χ3n) is 1.81. The molecule has 1 aromatic carbocycles. The van der Waals surface area contributed by atoms with Crippen molar-refractivity contribution in [3.05, 3.63) is 33.9 Å². The van der Waals surface area contributed by atoms with Crippen molar-refractivity contribution in [2.75, 3.05) is 14.1 Å². The molecule has 1 aromatic rings. The van der Waals surface area contributed by atoms with Crippen molar-refractivity contribution in [1.82, 2.24) is 4.90 Å². The van der Waals surface area contributed by atoms with Crippen LogP contribution >= 0.6 is 0 Å². The Morgan fingerprint density at radius 3 is 2.53 bits per heavy atom. The van der Waals surface area contributed by atoms with Gasteiger partial charge in [-0.25, -0.2) is 0 Å². The Labute approximate surface area is 85.9 Å². The van der Waals surface area contributed by atoms with Crippen LogP contribution in [0.4, 0.5) is 5.69 Å². The Bertz CT molecular complexity index is 415. The van der Waals surface area contributed by atoms with Gasteiger partial charge in [-0.15, -0.1) is 0 Å². The maximum absolute atomic E-state index is 11.5. The number of amides is 1. The lowest BCUT2D eigenvalue weighted by atomic mass is 10.1. The van der Waals surface area contributed by atoms with Crippen molar-refractivity contribution in [2.45, 2.75) is 0 Å². The second-order valence-corrected chi connectivity index (χ2v) is 3.16. The van der Waals surface area contributed by atoms with E-state index in [-0.39, 0.29) is 17.0 Å². The van der Waals surface area contributed by atoms with Crippen molar-refractivity contribution in [1.29, 1.82) is 0 Å². The Morgan fingerprint density at radius 1 is 1.47 bits per heavy atom. The maximum Gasteiger partial charge on any atom is 0.282 e. The number of benzene rings is 1. The number of nitro groups is 1. The molecule has 0 saturated carbocycles. The zero-order chi connectivity index (χ0) is 11.6. The molecule has 0 aliphatic rings. The molecule has 80 valence electrons. The minimum absolute atomic E-state index is 0.120. The molecular weight excluding hydrogens is 200 g/mol. The number of nitro benzene ring substituents is 1. The lowest BCUT2D eigenvalue weighted by Crippen LogP contribution is -2.22. The fourth-order valence-electron chi connectivity index (χ4n) is 1.10. The number of hydrogen-bond donors (Lipinski definition) is 1. The van der Waals surface area contributed by atoms with Crippen LogP contribution in [0.25, 0.3) is 0 Å². The third-order valence-corrected chi connectivity index (χ3v) is 1.81. The molecule has 6 nitrogen and oxygen atoms in total. The molecule has 0 heterocycles. The number of phenolic OH excluding ortho intramolecular Hbond substituents is 1. The number of carbonyl (C=O) groups excluding carboxylic acids is 1. The van der Waals surface area contributed by atoms with Crippen molar-refractivity contribution in [3.8, 4) is 5.75 Å². The summed E-state index contributed by atoms with van der Waals surface area (Å²) in [5.41, 5.74) is -0.434. The van der Waals surface area contributed by atoms with Gasteiger partial charge in [-0.05, 0) is 12.1 Å². The van der Waals surface area contributed by atoms with Gasteiger partial charge >= 0.3 is 0 Å². The van der Waals surface area contributed by atoms with E-state index in [2.05, 4.69) is 0 Å². The second kappa shape index (κ2) is 3.95. The molecule has 1 N–H and O–H groups in total. The van der Waals surface area contributed by atoms with E-state index in [1.807, 2.05) is 0 Å². The van der Waals surface area contributed by atoms with Crippen LogP contribution < -0.4 is 0 Å². The summed E-state index contributed by atoms with van der Waals surface area (Å²) in [6, 6.07) is 3.36. The van der Waals surface area contributed by atoms with Gasteiger partial charge in [0.2, 0.25) is 0 Å². The van der Waals surface area contributed by atoms with Crippen molar-refractivity contribution in [2.24, 2.45) is 0 Å². The largest absolute Gasteiger partial charge is 0.508 e. The van der Waals surface area contributed by atoms with Crippen LogP contribution in [0.3, 0.4) is 0 Å². The number of nitrogens with zero attached hydrogens (tertiary/aromatic N) is 2. The number of hydrogen-bond acceptors (Lipinski definition) is 4. The fourth-order valence-corrected chi connectivity index (χ4v) is 1.10. The highest BCUT2D eigenvalue weighted by atomic mass is 16.6. The molecule has 0 bridgehead atoms. The van der Waals surface area contributed by atoms with Gasteiger partial charge in [-0.3, -0.25) is 14.9 Å². The summed E-state index contributed by atoms with van der Waals surface area (Å²) in [7, 11) is 2.96. The quantitative estimate of drug-likeness (QED) is 0.583. The Hall–Kier alpha value is -2.11. The summed E-state index contributed by atoms with van der Waals surface area (Å²) in [5.74, 6) is -0.691. The van der Waals surface area contributed by atoms with Crippen molar-refractivity contribution >= 4 is 11.6 Å². The van der Waals surface area contributed by atoms with Crippen LogP contribution in [0.2, 0.25) is 0 Å². The lowest BCUT2D eigenvalue weighted by molar-refractivity contribution is -0.385. The minimum Gasteiger partial charge on any atom is -0.508 e. The summed E-state index contributed by atoms with van der Waals surface area (Å²) in [5, 5.41) is 19.8. The molecule has 1 rings (SSSR count). The first-order valence-electron chi connectivity index (χ1n) is 4.12. The van der Waals surface area contributed by atoms with Crippen LogP contribution in [-0.4, -0.2) is 34.9 Å². The molecule has 0 radical (unpaired) electrons. The zero-order valence-electron chi connectivity index (χ0n) is 8.30. The number of rotatable bonds is 2. The molecule has 0 aliphatic heterocycles. The van der Waals surface area contributed by atoms with Crippen molar-refractivity contribution in [3.63, 3.8) is 0 Å². The van der Waals surface area contributed by atoms with E-state index < -0.39 is 10.8 Å². The number of aromatic hydroxyl groups is 1. The van der Waals surface area contributed by atoms with E-state index in [4.69, 9.17) is 5.11 Å². The van der Waals surface area contributed by atoms with E-state index in [9.17, 15) is 14.9 Å². The van der Waals surface area contributed by atoms with E-state index >= 15 is 0 Å². The first-order chi connectivity index (χ1) is 6.93. The second-order valence-electron chi connectivity index (χ2n) is 3.16. The zero-order valence-corrected chi connectivity index (χ0v) is 8.30. The highest BCUT2D eigenvalue weighted by molar-refractivity contribution is 5.98. The molecule has 0 spiro atoms. The summed E-state index contributed by atoms with van der Waals surface area (Å²) >= 11 is 0. The molecule has 0 fully saturated rings. The molecule has 15 heavy (non-hydrogen) atoms. The summed E-state index contributed by atoms with van der Waals surface area (Å²) < 4.78 is 0. The van der Waals surface area contributed by atoms with E-state index in [1.54, 1.807) is 0 Å². The summed E-state index contributed by atoms with van der Waals surface area (Å²) in [4.78, 5) is 22.7. The monoisotopic (exact) mass is 210 g/mol. The van der Waals surface area contributed by atoms with E-state index in [0.717, 1.165) is 12.1 Å². The van der Waals surface area contributed by atoms with Gasteiger partial charge in [0.25, 0.3) is 11.6 Å². The van der Waals surface area contributed by atoms with Crippen molar-refractivity contribution < 1.29 is 14.8 Å². The standard InChI is InChI=1S/C9H10N2O4/c1-10(2)9(13)7-5-6(12)3-4-8(7)11(14)15/h3-5,12H,1-2H3. The van der Waals surface area contributed by atoms with Crippen LogP contribution in [0.15, 0.2) is 18.2 Å². The third kappa shape index (κ3) is 2.22. The smallest absolute Gasteiger partial charge is 0.282 e. The minimum atomic E-state index is -0.657.